The minimum Gasteiger partial charge on any atom is -0.383 e. The normalized spacial score (nSPS) is 13.0. The number of ether oxygens (including phenoxy) is 1. The topological polar surface area (TPSA) is 77.2 Å². The third-order valence-corrected chi connectivity index (χ3v) is 2.84. The van der Waals surface area contributed by atoms with Crippen molar-refractivity contribution >= 4 is 11.6 Å². The second kappa shape index (κ2) is 12.0. The van der Waals surface area contributed by atoms with Gasteiger partial charge in [0.15, 0.2) is 5.69 Å². The van der Waals surface area contributed by atoms with Crippen LogP contribution in [0.1, 0.15) is 57.2 Å². The smallest absolute Gasteiger partial charge is 0.269 e. The highest BCUT2D eigenvalue weighted by Crippen LogP contribution is 2.16. The van der Waals surface area contributed by atoms with Crippen LogP contribution in [-0.4, -0.2) is 30.6 Å². The van der Waals surface area contributed by atoms with Gasteiger partial charge in [-0.15, -0.1) is 0 Å². The molecule has 1 fully saturated rings. The summed E-state index contributed by atoms with van der Waals surface area (Å²) in [7, 11) is 0. The summed E-state index contributed by atoms with van der Waals surface area (Å²) in [6, 6.07) is 3.78. The van der Waals surface area contributed by atoms with Crippen LogP contribution in [0.4, 0.5) is 5.69 Å². The molecule has 0 unspecified atom stereocenters. The highest BCUT2D eigenvalue weighted by atomic mass is 16.5. The summed E-state index contributed by atoms with van der Waals surface area (Å²) in [4.78, 5) is 15.6. The zero-order valence-electron chi connectivity index (χ0n) is 14.6. The summed E-state index contributed by atoms with van der Waals surface area (Å²) < 4.78 is 5.09. The van der Waals surface area contributed by atoms with E-state index in [1.54, 1.807) is 0 Å². The van der Waals surface area contributed by atoms with Gasteiger partial charge in [-0.2, -0.15) is 0 Å². The van der Waals surface area contributed by atoms with E-state index in [4.69, 9.17) is 10.5 Å². The molecule has 1 aromatic rings. The van der Waals surface area contributed by atoms with E-state index >= 15 is 0 Å². The van der Waals surface area contributed by atoms with Crippen molar-refractivity contribution in [1.82, 2.24) is 4.98 Å². The number of hydrogen-bond donors (Lipinski definition) is 2. The lowest BCUT2D eigenvalue weighted by Crippen LogP contribution is -2.34. The van der Waals surface area contributed by atoms with E-state index in [-0.39, 0.29) is 0 Å². The van der Waals surface area contributed by atoms with Crippen LogP contribution >= 0.6 is 0 Å². The average molecular weight is 309 g/mol. The lowest BCUT2D eigenvalue weighted by molar-refractivity contribution is -0.0248. The molecule has 22 heavy (non-hydrogen) atoms. The number of rotatable bonds is 5. The van der Waals surface area contributed by atoms with Crippen LogP contribution in [0.15, 0.2) is 12.1 Å². The Kier molecular flexibility index (Phi) is 11.1. The third kappa shape index (κ3) is 6.89. The van der Waals surface area contributed by atoms with Crippen LogP contribution in [0.3, 0.4) is 0 Å². The molecule has 0 spiro atoms. The molecule has 2 heterocycles. The minimum absolute atomic E-state index is 0.324. The van der Waals surface area contributed by atoms with Crippen molar-refractivity contribution in [2.45, 2.75) is 47.5 Å². The fourth-order valence-electron chi connectivity index (χ4n) is 1.68. The molecule has 0 saturated carbocycles. The van der Waals surface area contributed by atoms with Crippen molar-refractivity contribution in [2.75, 3.05) is 25.1 Å². The van der Waals surface area contributed by atoms with E-state index in [1.807, 2.05) is 32.9 Å². The van der Waals surface area contributed by atoms with Crippen molar-refractivity contribution in [3.8, 4) is 0 Å². The van der Waals surface area contributed by atoms with Crippen molar-refractivity contribution in [3.63, 3.8) is 0 Å². The SMILES string of the molecule is CC.CCC.CCc1ccc(NCC2COC2)c(C(N)=O)n1. The number of anilines is 1. The average Bonchev–Trinajstić information content (AvgIpc) is 2.48. The molecular formula is C17H31N3O2. The zero-order chi connectivity index (χ0) is 17.0. The Labute approximate surface area is 134 Å². The number of nitrogens with zero attached hydrogens (tertiary/aromatic N) is 1. The number of primary amides is 1. The number of nitrogens with two attached hydrogens (primary N) is 1. The number of pyridine rings is 1. The van der Waals surface area contributed by atoms with E-state index in [0.717, 1.165) is 31.9 Å². The van der Waals surface area contributed by atoms with Crippen molar-refractivity contribution in [2.24, 2.45) is 11.7 Å². The molecule has 2 rings (SSSR count). The van der Waals surface area contributed by atoms with Crippen LogP contribution in [0.25, 0.3) is 0 Å². The number of amides is 1. The quantitative estimate of drug-likeness (QED) is 0.875. The first-order valence-electron chi connectivity index (χ1n) is 8.23. The van der Waals surface area contributed by atoms with E-state index in [9.17, 15) is 4.79 Å². The van der Waals surface area contributed by atoms with Gasteiger partial charge in [0.1, 0.15) is 0 Å². The van der Waals surface area contributed by atoms with E-state index < -0.39 is 5.91 Å². The summed E-state index contributed by atoms with van der Waals surface area (Å²) in [5.74, 6) is 0.0224. The molecule has 0 bridgehead atoms. The molecule has 5 nitrogen and oxygen atoms in total. The number of carbonyl (C=O) groups is 1. The molecule has 5 heteroatoms. The number of aromatic nitrogens is 1. The van der Waals surface area contributed by atoms with Gasteiger partial charge in [-0.3, -0.25) is 4.79 Å². The molecule has 1 saturated heterocycles. The van der Waals surface area contributed by atoms with Gasteiger partial charge in [0.2, 0.25) is 0 Å². The first kappa shape index (κ1) is 20.4. The summed E-state index contributed by atoms with van der Waals surface area (Å²) in [6.45, 7) is 12.6. The van der Waals surface area contributed by atoms with Crippen LogP contribution < -0.4 is 11.1 Å². The van der Waals surface area contributed by atoms with Crippen molar-refractivity contribution in [3.05, 3.63) is 23.5 Å². The zero-order valence-corrected chi connectivity index (χ0v) is 14.6. The minimum atomic E-state index is -0.493. The third-order valence-electron chi connectivity index (χ3n) is 2.84. The number of hydrogen-bond acceptors (Lipinski definition) is 4. The number of aryl methyl sites for hydroxylation is 1. The maximum Gasteiger partial charge on any atom is 0.269 e. The monoisotopic (exact) mass is 309 g/mol. The molecule has 1 aliphatic rings. The number of nitrogens with one attached hydrogen (secondary N) is 1. The van der Waals surface area contributed by atoms with Gasteiger partial charge in [-0.1, -0.05) is 41.0 Å². The predicted octanol–water partition coefficient (Wildman–Crippen LogP) is 3.24. The van der Waals surface area contributed by atoms with Gasteiger partial charge in [0.25, 0.3) is 5.91 Å². The Morgan fingerprint density at radius 3 is 2.32 bits per heavy atom. The summed E-state index contributed by atoms with van der Waals surface area (Å²) in [5.41, 5.74) is 7.23. The van der Waals surface area contributed by atoms with Gasteiger partial charge in [0.05, 0.1) is 18.9 Å². The predicted molar refractivity (Wildman–Crippen MR) is 92.2 cm³/mol. The Morgan fingerprint density at radius 1 is 1.32 bits per heavy atom. The van der Waals surface area contributed by atoms with Crippen LogP contribution in [0, 0.1) is 5.92 Å². The Morgan fingerprint density at radius 2 is 1.91 bits per heavy atom. The fraction of sp³-hybridized carbons (Fsp3) is 0.647. The molecule has 0 radical (unpaired) electrons. The molecule has 1 amide bonds. The number of carbonyl (C=O) groups excluding carboxylic acids is 1. The molecule has 0 aliphatic carbocycles. The van der Waals surface area contributed by atoms with Crippen molar-refractivity contribution < 1.29 is 9.53 Å². The summed E-state index contributed by atoms with van der Waals surface area (Å²) >= 11 is 0. The highest BCUT2D eigenvalue weighted by molar-refractivity contribution is 5.96. The Bertz CT molecular complexity index is 432. The Balaban J connectivity index is 0.000000789. The van der Waals surface area contributed by atoms with E-state index in [1.165, 1.54) is 6.42 Å². The van der Waals surface area contributed by atoms with E-state index in [0.29, 0.717) is 17.3 Å². The fourth-order valence-corrected chi connectivity index (χ4v) is 1.68. The van der Waals surface area contributed by atoms with Gasteiger partial charge < -0.3 is 15.8 Å². The molecule has 126 valence electrons. The first-order chi connectivity index (χ1) is 10.6. The first-order valence-corrected chi connectivity index (χ1v) is 8.23. The van der Waals surface area contributed by atoms with Crippen LogP contribution in [0.2, 0.25) is 0 Å². The maximum atomic E-state index is 11.3. The van der Waals surface area contributed by atoms with Gasteiger partial charge in [-0.25, -0.2) is 4.98 Å². The van der Waals surface area contributed by atoms with Crippen molar-refractivity contribution in [1.29, 1.82) is 0 Å². The van der Waals surface area contributed by atoms with Gasteiger partial charge in [0, 0.05) is 18.2 Å². The standard InChI is InChI=1S/C12H17N3O2.C3H8.C2H6/c1-2-9-3-4-10(11(15-9)12(13)16)14-5-8-6-17-7-8;1-3-2;1-2/h3-4,8,14H,2,5-7H2,1H3,(H2,13,16);3H2,1-2H3;1-2H3. The lowest BCUT2D eigenvalue weighted by atomic mass is 10.1. The molecule has 3 N–H and O–H groups in total. The maximum absolute atomic E-state index is 11.3. The van der Waals surface area contributed by atoms with E-state index in [2.05, 4.69) is 24.1 Å². The molecule has 0 atom stereocenters. The molecule has 1 aromatic heterocycles. The largest absolute Gasteiger partial charge is 0.383 e. The Hall–Kier alpha value is -1.62. The van der Waals surface area contributed by atoms with Crippen LogP contribution in [-0.2, 0) is 11.2 Å². The molecule has 1 aliphatic heterocycles. The summed E-state index contributed by atoms with van der Waals surface area (Å²) in [5, 5.41) is 3.20. The van der Waals surface area contributed by atoms with Gasteiger partial charge in [-0.05, 0) is 18.6 Å². The molecular weight excluding hydrogens is 278 g/mol. The second-order valence-corrected chi connectivity index (χ2v) is 4.91. The summed E-state index contributed by atoms with van der Waals surface area (Å²) in [6.07, 6.45) is 2.04. The second-order valence-electron chi connectivity index (χ2n) is 4.91. The highest BCUT2D eigenvalue weighted by Gasteiger charge is 2.19. The lowest BCUT2D eigenvalue weighted by Gasteiger charge is -2.26. The molecule has 0 aromatic carbocycles. The van der Waals surface area contributed by atoms with Crippen LogP contribution in [0.5, 0.6) is 0 Å². The van der Waals surface area contributed by atoms with Gasteiger partial charge >= 0.3 is 0 Å².